The highest BCUT2D eigenvalue weighted by Crippen LogP contribution is 2.44. The number of aromatic nitrogens is 1. The molecule has 0 bridgehead atoms. The van der Waals surface area contributed by atoms with Gasteiger partial charge in [-0.1, -0.05) is 33.4 Å². The number of aliphatic hydroxyl groups excluding tert-OH is 1. The third kappa shape index (κ3) is 4.90. The van der Waals surface area contributed by atoms with Crippen molar-refractivity contribution in [2.75, 3.05) is 20.2 Å². The summed E-state index contributed by atoms with van der Waals surface area (Å²) < 4.78 is 11.7. The fourth-order valence-electron chi connectivity index (χ4n) is 5.12. The molecule has 0 unspecified atom stereocenters. The summed E-state index contributed by atoms with van der Waals surface area (Å²) in [6, 6.07) is 9.74. The molecule has 1 fully saturated rings. The van der Waals surface area contributed by atoms with Gasteiger partial charge < -0.3 is 19.4 Å². The van der Waals surface area contributed by atoms with Crippen LogP contribution in [0, 0.1) is 17.9 Å². The molecule has 3 heterocycles. The van der Waals surface area contributed by atoms with Gasteiger partial charge in [0.05, 0.1) is 13.2 Å². The van der Waals surface area contributed by atoms with E-state index in [9.17, 15) is 5.11 Å². The van der Waals surface area contributed by atoms with Crippen LogP contribution in [0.5, 0.6) is 11.5 Å². The number of pyridine rings is 1. The first-order valence-electron chi connectivity index (χ1n) is 11.4. The van der Waals surface area contributed by atoms with Crippen molar-refractivity contribution in [2.45, 2.75) is 58.8 Å². The van der Waals surface area contributed by atoms with Crippen LogP contribution >= 0.6 is 0 Å². The molecule has 2 aromatic rings. The van der Waals surface area contributed by atoms with Crippen LogP contribution in [0.1, 0.15) is 56.5 Å². The van der Waals surface area contributed by atoms with Crippen molar-refractivity contribution in [3.63, 3.8) is 0 Å². The van der Waals surface area contributed by atoms with Crippen LogP contribution in [0.25, 0.3) is 4.85 Å². The van der Waals surface area contributed by atoms with Crippen LogP contribution in [0.15, 0.2) is 30.3 Å². The first kappa shape index (κ1) is 22.6. The van der Waals surface area contributed by atoms with Gasteiger partial charge in [0.2, 0.25) is 0 Å². The summed E-state index contributed by atoms with van der Waals surface area (Å²) in [5, 5.41) is 10.9. The summed E-state index contributed by atoms with van der Waals surface area (Å²) in [5.41, 5.74) is 3.42. The lowest BCUT2D eigenvalue weighted by atomic mass is 9.75. The fraction of sp³-hybridized carbons (Fsp3) is 0.538. The zero-order valence-electron chi connectivity index (χ0n) is 19.5. The number of hydrogen-bond donors (Lipinski definition) is 1. The van der Waals surface area contributed by atoms with E-state index >= 15 is 0 Å². The Balaban J connectivity index is 1.53. The van der Waals surface area contributed by atoms with E-state index in [1.165, 1.54) is 11.1 Å². The zero-order chi connectivity index (χ0) is 22.9. The Morgan fingerprint density at radius 2 is 2.06 bits per heavy atom. The summed E-state index contributed by atoms with van der Waals surface area (Å²) in [5.74, 6) is 2.06. The number of fused-ring (bicyclic) bond motifs is 3. The highest BCUT2D eigenvalue weighted by Gasteiger charge is 2.39. The number of hydrogen-bond acceptors (Lipinski definition) is 5. The van der Waals surface area contributed by atoms with Gasteiger partial charge in [-0.15, -0.1) is 4.98 Å². The lowest BCUT2D eigenvalue weighted by molar-refractivity contribution is -0.0259. The molecule has 2 aliphatic heterocycles. The van der Waals surface area contributed by atoms with Crippen molar-refractivity contribution in [1.82, 2.24) is 9.88 Å². The molecule has 0 spiro atoms. The minimum atomic E-state index is -0.288. The summed E-state index contributed by atoms with van der Waals surface area (Å²) in [6.45, 7) is 16.1. The summed E-state index contributed by atoms with van der Waals surface area (Å²) in [4.78, 5) is 10.2. The van der Waals surface area contributed by atoms with Crippen molar-refractivity contribution in [3.05, 3.63) is 58.6 Å². The molecule has 1 aromatic heterocycles. The zero-order valence-corrected chi connectivity index (χ0v) is 19.5. The maximum absolute atomic E-state index is 10.9. The number of aliphatic hydroxyl groups is 1. The van der Waals surface area contributed by atoms with Crippen LogP contribution in [-0.2, 0) is 13.0 Å². The molecule has 0 saturated carbocycles. The minimum absolute atomic E-state index is 0.213. The number of rotatable bonds is 5. The molecule has 0 aliphatic carbocycles. The number of ether oxygens (including phenoxy) is 2. The van der Waals surface area contributed by atoms with Gasteiger partial charge in [-0.25, -0.2) is 0 Å². The molecule has 2 aliphatic rings. The molecule has 0 radical (unpaired) electrons. The Labute approximate surface area is 191 Å². The summed E-state index contributed by atoms with van der Waals surface area (Å²) >= 11 is 0. The van der Waals surface area contributed by atoms with Crippen molar-refractivity contribution in [2.24, 2.45) is 11.3 Å². The topological polar surface area (TPSA) is 59.2 Å². The van der Waals surface area contributed by atoms with E-state index in [4.69, 9.17) is 16.0 Å². The average Bonchev–Trinajstić information content (AvgIpc) is 2.76. The third-order valence-corrected chi connectivity index (χ3v) is 6.53. The van der Waals surface area contributed by atoms with Gasteiger partial charge in [-0.05, 0) is 66.0 Å². The third-order valence-electron chi connectivity index (χ3n) is 6.53. The maximum atomic E-state index is 10.9. The van der Waals surface area contributed by atoms with Gasteiger partial charge >= 0.3 is 0 Å². The summed E-state index contributed by atoms with van der Waals surface area (Å²) in [7, 11) is 1.65. The molecular weight excluding hydrogens is 402 g/mol. The van der Waals surface area contributed by atoms with Crippen LogP contribution in [0.4, 0.5) is 5.82 Å². The lowest BCUT2D eigenvalue weighted by Crippen LogP contribution is -2.48. The first-order chi connectivity index (χ1) is 15.3. The van der Waals surface area contributed by atoms with Crippen LogP contribution < -0.4 is 9.47 Å². The second-order valence-corrected chi connectivity index (χ2v) is 10.2. The van der Waals surface area contributed by atoms with E-state index in [1.807, 2.05) is 12.1 Å². The Bertz CT molecular complexity index is 1010. The number of methoxy groups -OCH3 is 1. The van der Waals surface area contributed by atoms with Gasteiger partial charge in [0.1, 0.15) is 0 Å². The van der Waals surface area contributed by atoms with Crippen LogP contribution in [0.2, 0.25) is 0 Å². The fourth-order valence-corrected chi connectivity index (χ4v) is 5.12. The largest absolute Gasteiger partial charge is 0.493 e. The molecule has 1 N–H and O–H groups in total. The average molecular weight is 436 g/mol. The number of piperidine rings is 1. The van der Waals surface area contributed by atoms with Gasteiger partial charge in [0.25, 0.3) is 5.82 Å². The maximum Gasteiger partial charge on any atom is 0.269 e. The molecule has 4 rings (SSSR count). The Morgan fingerprint density at radius 1 is 1.25 bits per heavy atom. The SMILES string of the molecule is [C-]#[N+]c1cccc(COc2cc3c(cc2OC)[C@H]2C[C@@H](O)[C@H](CC(C)(C)C)CN2CC3)n1. The highest BCUT2D eigenvalue weighted by molar-refractivity contribution is 5.50. The van der Waals surface area contributed by atoms with Gasteiger partial charge in [0.15, 0.2) is 23.8 Å². The van der Waals surface area contributed by atoms with E-state index in [0.717, 1.165) is 32.4 Å². The molecule has 0 amide bonds. The molecule has 32 heavy (non-hydrogen) atoms. The first-order valence-corrected chi connectivity index (χ1v) is 11.4. The number of nitrogens with zero attached hydrogens (tertiary/aromatic N) is 3. The molecule has 1 aromatic carbocycles. The predicted molar refractivity (Wildman–Crippen MR) is 124 cm³/mol. The smallest absolute Gasteiger partial charge is 0.269 e. The van der Waals surface area contributed by atoms with Crippen molar-refractivity contribution < 1.29 is 14.6 Å². The van der Waals surface area contributed by atoms with Gasteiger partial charge in [-0.3, -0.25) is 4.90 Å². The van der Waals surface area contributed by atoms with Crippen molar-refractivity contribution in [1.29, 1.82) is 0 Å². The molecule has 6 heteroatoms. The summed E-state index contributed by atoms with van der Waals surface area (Å²) in [6.07, 6.45) is 2.45. The minimum Gasteiger partial charge on any atom is -0.493 e. The molecule has 170 valence electrons. The number of benzene rings is 1. The monoisotopic (exact) mass is 435 g/mol. The quantitative estimate of drug-likeness (QED) is 0.675. The van der Waals surface area contributed by atoms with E-state index in [-0.39, 0.29) is 24.2 Å². The molecule has 3 atom stereocenters. The second kappa shape index (κ2) is 9.09. The Hall–Kier alpha value is -2.62. The Kier molecular flexibility index (Phi) is 6.41. The standard InChI is InChI=1S/C26H33N3O3/c1-26(2,3)14-18-15-29-10-9-17-11-24(32-16-19-7-6-8-25(27-4)28-19)23(31-5)12-20(17)21(29)13-22(18)30/h6-8,11-12,18,21-22,30H,9-10,13-16H2,1-3,5H3/t18-,21-,22-/m1/s1. The lowest BCUT2D eigenvalue weighted by Gasteiger charge is -2.47. The predicted octanol–water partition coefficient (Wildman–Crippen LogP) is 4.94. The van der Waals surface area contributed by atoms with E-state index < -0.39 is 0 Å². The molecule has 1 saturated heterocycles. The van der Waals surface area contributed by atoms with E-state index in [0.29, 0.717) is 28.9 Å². The molecule has 6 nitrogen and oxygen atoms in total. The van der Waals surface area contributed by atoms with E-state index in [1.54, 1.807) is 13.2 Å². The van der Waals surface area contributed by atoms with Gasteiger partial charge in [-0.2, -0.15) is 0 Å². The second-order valence-electron chi connectivity index (χ2n) is 10.2. The van der Waals surface area contributed by atoms with Crippen molar-refractivity contribution >= 4 is 5.82 Å². The van der Waals surface area contributed by atoms with Crippen LogP contribution in [0.3, 0.4) is 0 Å². The Morgan fingerprint density at radius 3 is 2.78 bits per heavy atom. The van der Waals surface area contributed by atoms with E-state index in [2.05, 4.69) is 47.6 Å². The van der Waals surface area contributed by atoms with Gasteiger partial charge in [0, 0.05) is 19.1 Å². The van der Waals surface area contributed by atoms with Crippen molar-refractivity contribution in [3.8, 4) is 11.5 Å². The highest BCUT2D eigenvalue weighted by atomic mass is 16.5. The normalized spacial score (nSPS) is 23.1. The molecular formula is C26H33N3O3. The van der Waals surface area contributed by atoms with Crippen LogP contribution in [-0.4, -0.2) is 41.3 Å².